The zero-order valence-corrected chi connectivity index (χ0v) is 13.0. The number of hydrogen-bond acceptors (Lipinski definition) is 3. The summed E-state index contributed by atoms with van der Waals surface area (Å²) in [4.78, 5) is 12.6. The molecular formula is C17H25NO2. The van der Waals surface area contributed by atoms with Crippen molar-refractivity contribution in [2.75, 3.05) is 13.2 Å². The van der Waals surface area contributed by atoms with E-state index in [1.54, 1.807) is 0 Å². The first-order chi connectivity index (χ1) is 9.48. The van der Waals surface area contributed by atoms with E-state index < -0.39 is 5.54 Å². The number of rotatable bonds is 4. The van der Waals surface area contributed by atoms with E-state index in [0.29, 0.717) is 6.61 Å². The summed E-state index contributed by atoms with van der Waals surface area (Å²) < 4.78 is 5.36. The van der Waals surface area contributed by atoms with Crippen molar-refractivity contribution in [2.45, 2.75) is 51.5 Å². The van der Waals surface area contributed by atoms with Crippen LogP contribution < -0.4 is 5.32 Å². The Labute approximate surface area is 121 Å². The number of esters is 1. The maximum Gasteiger partial charge on any atom is 0.331 e. The van der Waals surface area contributed by atoms with Gasteiger partial charge in [0.05, 0.1) is 6.61 Å². The van der Waals surface area contributed by atoms with Crippen molar-refractivity contribution < 1.29 is 9.53 Å². The van der Waals surface area contributed by atoms with E-state index in [-0.39, 0.29) is 11.4 Å². The van der Waals surface area contributed by atoms with Gasteiger partial charge in [0, 0.05) is 0 Å². The number of fused-ring (bicyclic) bond motifs is 1. The minimum absolute atomic E-state index is 0.0992. The van der Waals surface area contributed by atoms with E-state index in [4.69, 9.17) is 4.74 Å². The molecular weight excluding hydrogens is 250 g/mol. The average Bonchev–Trinajstić information content (AvgIpc) is 2.43. The Morgan fingerprint density at radius 1 is 1.20 bits per heavy atom. The minimum atomic E-state index is -0.684. The number of carbonyl (C=O) groups excluding carboxylic acids is 1. The van der Waals surface area contributed by atoms with Crippen LogP contribution in [0, 0.1) is 0 Å². The van der Waals surface area contributed by atoms with Gasteiger partial charge in [0.15, 0.2) is 0 Å². The molecule has 20 heavy (non-hydrogen) atoms. The van der Waals surface area contributed by atoms with Crippen molar-refractivity contribution >= 4 is 5.97 Å². The van der Waals surface area contributed by atoms with Crippen molar-refractivity contribution in [2.24, 2.45) is 0 Å². The first-order valence-electron chi connectivity index (χ1n) is 7.50. The summed E-state index contributed by atoms with van der Waals surface area (Å²) in [6, 6.07) is 8.26. The Morgan fingerprint density at radius 3 is 2.45 bits per heavy atom. The van der Waals surface area contributed by atoms with Gasteiger partial charge in [-0.1, -0.05) is 45.0 Å². The quantitative estimate of drug-likeness (QED) is 0.858. The molecule has 0 heterocycles. The highest BCUT2D eigenvalue weighted by atomic mass is 16.5. The molecule has 1 aromatic rings. The molecule has 3 heteroatoms. The number of nitrogens with one attached hydrogen (secondary N) is 1. The van der Waals surface area contributed by atoms with Gasteiger partial charge in [-0.15, -0.1) is 0 Å². The molecule has 2 rings (SSSR count). The molecule has 1 aliphatic rings. The second kappa shape index (κ2) is 5.57. The molecule has 0 bridgehead atoms. The highest BCUT2D eigenvalue weighted by molar-refractivity contribution is 5.84. The first-order valence-corrected chi connectivity index (χ1v) is 7.50. The number of hydrogen-bond donors (Lipinski definition) is 1. The van der Waals surface area contributed by atoms with Crippen molar-refractivity contribution in [1.29, 1.82) is 0 Å². The predicted octanol–water partition coefficient (Wildman–Crippen LogP) is 3.13. The first kappa shape index (κ1) is 15.0. The van der Waals surface area contributed by atoms with Crippen molar-refractivity contribution in [3.63, 3.8) is 0 Å². The summed E-state index contributed by atoms with van der Waals surface area (Å²) in [5.74, 6) is -0.148. The molecule has 110 valence electrons. The molecule has 0 aromatic heterocycles. The number of carbonyl (C=O) groups is 1. The van der Waals surface area contributed by atoms with Crippen LogP contribution in [0.2, 0.25) is 0 Å². The van der Waals surface area contributed by atoms with Crippen LogP contribution in [0.15, 0.2) is 24.3 Å². The number of likely N-dealkylation sites (N-methyl/N-ethyl adjacent to an activating group) is 1. The lowest BCUT2D eigenvalue weighted by molar-refractivity contribution is -0.152. The summed E-state index contributed by atoms with van der Waals surface area (Å²) in [6.07, 6.45) is 1.75. The van der Waals surface area contributed by atoms with Gasteiger partial charge in [0.2, 0.25) is 0 Å². The van der Waals surface area contributed by atoms with Crippen molar-refractivity contribution in [1.82, 2.24) is 5.32 Å². The van der Waals surface area contributed by atoms with E-state index in [1.165, 1.54) is 5.56 Å². The average molecular weight is 275 g/mol. The zero-order valence-electron chi connectivity index (χ0n) is 13.0. The zero-order chi connectivity index (χ0) is 14.8. The van der Waals surface area contributed by atoms with Gasteiger partial charge < -0.3 is 4.74 Å². The van der Waals surface area contributed by atoms with Crippen LogP contribution in [0.4, 0.5) is 0 Å². The SMILES string of the molecule is CCNC1(C(=O)OCC)CCC(C)(C)c2ccccc21. The standard InChI is InChI=1S/C17H25NO2/c1-5-18-17(15(19)20-6-2)12-11-16(3,4)13-9-7-8-10-14(13)17/h7-10,18H,5-6,11-12H2,1-4H3. The van der Waals surface area contributed by atoms with Crippen LogP contribution >= 0.6 is 0 Å². The molecule has 1 aliphatic carbocycles. The summed E-state index contributed by atoms with van der Waals surface area (Å²) in [6.45, 7) is 9.53. The fraction of sp³-hybridized carbons (Fsp3) is 0.588. The molecule has 1 aromatic carbocycles. The van der Waals surface area contributed by atoms with Crippen LogP contribution in [0.25, 0.3) is 0 Å². The molecule has 0 aliphatic heterocycles. The summed E-state index contributed by atoms with van der Waals surface area (Å²) in [7, 11) is 0. The van der Waals surface area contributed by atoms with Crippen LogP contribution in [0.3, 0.4) is 0 Å². The van der Waals surface area contributed by atoms with Gasteiger partial charge in [-0.3, -0.25) is 5.32 Å². The molecule has 0 radical (unpaired) electrons. The Balaban J connectivity index is 2.56. The van der Waals surface area contributed by atoms with Crippen LogP contribution in [-0.2, 0) is 20.5 Å². The fourth-order valence-corrected chi connectivity index (χ4v) is 3.24. The van der Waals surface area contributed by atoms with Crippen molar-refractivity contribution in [3.8, 4) is 0 Å². The Hall–Kier alpha value is -1.35. The topological polar surface area (TPSA) is 38.3 Å². The van der Waals surface area contributed by atoms with E-state index in [9.17, 15) is 4.79 Å². The lowest BCUT2D eigenvalue weighted by Crippen LogP contribution is -2.54. The van der Waals surface area contributed by atoms with Gasteiger partial charge in [-0.2, -0.15) is 0 Å². The molecule has 0 amide bonds. The number of benzene rings is 1. The van der Waals surface area contributed by atoms with Crippen LogP contribution in [-0.4, -0.2) is 19.1 Å². The third-order valence-corrected chi connectivity index (χ3v) is 4.34. The van der Waals surface area contributed by atoms with Gasteiger partial charge in [-0.05, 0) is 42.9 Å². The molecule has 0 fully saturated rings. The monoisotopic (exact) mass is 275 g/mol. The highest BCUT2D eigenvalue weighted by Gasteiger charge is 2.48. The lowest BCUT2D eigenvalue weighted by Gasteiger charge is -2.44. The summed E-state index contributed by atoms with van der Waals surface area (Å²) in [5, 5.41) is 3.40. The second-order valence-electron chi connectivity index (χ2n) is 6.09. The highest BCUT2D eigenvalue weighted by Crippen LogP contribution is 2.45. The van der Waals surface area contributed by atoms with Gasteiger partial charge >= 0.3 is 5.97 Å². The normalized spacial score (nSPS) is 24.0. The molecule has 1 atom stereocenters. The van der Waals surface area contributed by atoms with Gasteiger partial charge in [-0.25, -0.2) is 4.79 Å². The van der Waals surface area contributed by atoms with E-state index in [0.717, 1.165) is 24.9 Å². The van der Waals surface area contributed by atoms with Crippen LogP contribution in [0.5, 0.6) is 0 Å². The molecule has 0 spiro atoms. The predicted molar refractivity (Wildman–Crippen MR) is 80.7 cm³/mol. The number of ether oxygens (including phenoxy) is 1. The largest absolute Gasteiger partial charge is 0.464 e. The molecule has 0 saturated carbocycles. The maximum atomic E-state index is 12.6. The fourth-order valence-electron chi connectivity index (χ4n) is 3.24. The Bertz CT molecular complexity index is 496. The van der Waals surface area contributed by atoms with Gasteiger partial charge in [0.25, 0.3) is 0 Å². The van der Waals surface area contributed by atoms with E-state index >= 15 is 0 Å². The molecule has 1 N–H and O–H groups in total. The van der Waals surface area contributed by atoms with Crippen LogP contribution in [0.1, 0.15) is 51.7 Å². The van der Waals surface area contributed by atoms with Crippen molar-refractivity contribution in [3.05, 3.63) is 35.4 Å². The van der Waals surface area contributed by atoms with E-state index in [2.05, 4.69) is 31.3 Å². The third-order valence-electron chi connectivity index (χ3n) is 4.34. The Kier molecular flexibility index (Phi) is 4.19. The molecule has 3 nitrogen and oxygen atoms in total. The maximum absolute atomic E-state index is 12.6. The second-order valence-corrected chi connectivity index (χ2v) is 6.09. The van der Waals surface area contributed by atoms with Gasteiger partial charge in [0.1, 0.15) is 5.54 Å². The third kappa shape index (κ3) is 2.35. The minimum Gasteiger partial charge on any atom is -0.464 e. The summed E-state index contributed by atoms with van der Waals surface area (Å²) >= 11 is 0. The smallest absolute Gasteiger partial charge is 0.331 e. The molecule has 0 saturated heterocycles. The lowest BCUT2D eigenvalue weighted by atomic mass is 9.65. The van der Waals surface area contributed by atoms with E-state index in [1.807, 2.05) is 26.0 Å². The summed E-state index contributed by atoms with van der Waals surface area (Å²) in [5.41, 5.74) is 1.75. The molecule has 1 unspecified atom stereocenters. The Morgan fingerprint density at radius 2 is 1.85 bits per heavy atom.